The first-order chi connectivity index (χ1) is 4.38. The second-order valence-electron chi connectivity index (χ2n) is 2.89. The summed E-state index contributed by atoms with van der Waals surface area (Å²) in [7, 11) is -0.0122. The van der Waals surface area contributed by atoms with Gasteiger partial charge < -0.3 is 10.4 Å². The highest BCUT2D eigenvalue weighted by Gasteiger charge is 2.34. The molecule has 2 saturated heterocycles. The number of hydrogen-bond donors (Lipinski definition) is 3. The Labute approximate surface area is 58.0 Å². The van der Waals surface area contributed by atoms with Gasteiger partial charge in [-0.2, -0.15) is 0 Å². The molecule has 54 valence electrons. The van der Waals surface area contributed by atoms with Gasteiger partial charge in [-0.15, -0.1) is 0 Å². The van der Waals surface area contributed by atoms with Crippen molar-refractivity contribution in [1.82, 2.24) is 5.32 Å². The maximum atomic E-state index is 9.50. The molecule has 2 nitrogen and oxygen atoms in total. The Morgan fingerprint density at radius 2 is 2.44 bits per heavy atom. The van der Waals surface area contributed by atoms with Crippen molar-refractivity contribution in [3.05, 3.63) is 0 Å². The Hall–Kier alpha value is 0.270. The number of rotatable bonds is 0. The molecule has 2 aliphatic heterocycles. The number of hydrogen-bond acceptors (Lipinski definition) is 2. The summed E-state index contributed by atoms with van der Waals surface area (Å²) in [6.07, 6.45) is 1.26. The highest BCUT2D eigenvalue weighted by Crippen LogP contribution is 2.45. The molecule has 2 heterocycles. The van der Waals surface area contributed by atoms with E-state index in [4.69, 9.17) is 0 Å². The van der Waals surface area contributed by atoms with Crippen LogP contribution in [-0.2, 0) is 0 Å². The summed E-state index contributed by atoms with van der Waals surface area (Å²) in [4.78, 5) is 0. The average molecular weight is 147 g/mol. The van der Waals surface area contributed by atoms with E-state index in [1.165, 1.54) is 12.2 Å². The standard InChI is InChI=1S/C6H13NOS/c8-6-5-1-2-9(6)4-7-3-5/h5-9H,1-4H2/t5-,6?/m1/s1. The zero-order chi connectivity index (χ0) is 6.27. The van der Waals surface area contributed by atoms with Crippen LogP contribution in [0.4, 0.5) is 0 Å². The number of aliphatic hydroxyl groups excluding tert-OH is 1. The van der Waals surface area contributed by atoms with Gasteiger partial charge in [0.05, 0.1) is 5.44 Å². The van der Waals surface area contributed by atoms with Crippen LogP contribution in [0.3, 0.4) is 0 Å². The van der Waals surface area contributed by atoms with E-state index in [2.05, 4.69) is 5.32 Å². The normalized spacial score (nSPS) is 53.7. The lowest BCUT2D eigenvalue weighted by Crippen LogP contribution is -2.34. The van der Waals surface area contributed by atoms with E-state index in [0.717, 1.165) is 12.4 Å². The molecular weight excluding hydrogens is 134 g/mol. The van der Waals surface area contributed by atoms with Gasteiger partial charge in [-0.3, -0.25) is 0 Å². The molecule has 2 fully saturated rings. The predicted molar refractivity (Wildman–Crippen MR) is 40.8 cm³/mol. The first-order valence-corrected chi connectivity index (χ1v) is 5.29. The van der Waals surface area contributed by atoms with E-state index in [1.807, 2.05) is 0 Å². The lowest BCUT2D eigenvalue weighted by atomic mass is 10.1. The largest absolute Gasteiger partial charge is 0.384 e. The van der Waals surface area contributed by atoms with Crippen molar-refractivity contribution < 1.29 is 5.11 Å². The van der Waals surface area contributed by atoms with Crippen LogP contribution in [0.15, 0.2) is 0 Å². The van der Waals surface area contributed by atoms with Crippen LogP contribution in [0.1, 0.15) is 6.42 Å². The van der Waals surface area contributed by atoms with Crippen molar-refractivity contribution in [1.29, 1.82) is 0 Å². The topological polar surface area (TPSA) is 32.3 Å². The van der Waals surface area contributed by atoms with Crippen molar-refractivity contribution in [3.63, 3.8) is 0 Å². The second kappa shape index (κ2) is 2.15. The SMILES string of the molecule is OC1[C@@H]2CC[SH]1CNC2. The molecule has 0 aromatic heterocycles. The van der Waals surface area contributed by atoms with E-state index < -0.39 is 0 Å². The minimum atomic E-state index is -0.0122. The summed E-state index contributed by atoms with van der Waals surface area (Å²) in [5.41, 5.74) is 0.0845. The highest BCUT2D eigenvalue weighted by atomic mass is 32.2. The molecule has 0 aromatic carbocycles. The monoisotopic (exact) mass is 147 g/mol. The van der Waals surface area contributed by atoms with E-state index in [9.17, 15) is 5.11 Å². The Balaban J connectivity index is 2.10. The van der Waals surface area contributed by atoms with Gasteiger partial charge in [0.25, 0.3) is 0 Å². The molecule has 0 amide bonds. The summed E-state index contributed by atoms with van der Waals surface area (Å²) in [5.74, 6) is 3.01. The fourth-order valence-corrected chi connectivity index (χ4v) is 4.22. The van der Waals surface area contributed by atoms with Gasteiger partial charge in [0, 0.05) is 18.3 Å². The molecule has 9 heavy (non-hydrogen) atoms. The van der Waals surface area contributed by atoms with Gasteiger partial charge in [-0.1, -0.05) is 0 Å². The summed E-state index contributed by atoms with van der Waals surface area (Å²) < 4.78 is 0. The first kappa shape index (κ1) is 6.01. The number of aliphatic hydroxyl groups is 1. The van der Waals surface area contributed by atoms with Crippen molar-refractivity contribution >= 4 is 10.9 Å². The lowest BCUT2D eigenvalue weighted by molar-refractivity contribution is 0.190. The van der Waals surface area contributed by atoms with Crippen LogP contribution in [0.25, 0.3) is 0 Å². The van der Waals surface area contributed by atoms with Crippen molar-refractivity contribution in [3.8, 4) is 0 Å². The van der Waals surface area contributed by atoms with Crippen molar-refractivity contribution in [2.75, 3.05) is 18.2 Å². The Kier molecular flexibility index (Phi) is 1.43. The molecule has 0 spiro atoms. The van der Waals surface area contributed by atoms with Gasteiger partial charge in [0.2, 0.25) is 0 Å². The van der Waals surface area contributed by atoms with Crippen molar-refractivity contribution in [2.45, 2.75) is 11.9 Å². The quantitative estimate of drug-likeness (QED) is 0.418. The maximum Gasteiger partial charge on any atom is 0.0870 e. The molecule has 2 aliphatic rings. The second-order valence-corrected chi connectivity index (χ2v) is 5.36. The summed E-state index contributed by atoms with van der Waals surface area (Å²) in [5, 5.41) is 12.8. The Morgan fingerprint density at radius 3 is 3.11 bits per heavy atom. The van der Waals surface area contributed by atoms with Gasteiger partial charge >= 0.3 is 0 Å². The third-order valence-electron chi connectivity index (χ3n) is 2.30. The molecule has 0 saturated carbocycles. The summed E-state index contributed by atoms with van der Waals surface area (Å²) in [6, 6.07) is 0. The Morgan fingerprint density at radius 1 is 1.56 bits per heavy atom. The summed E-state index contributed by atoms with van der Waals surface area (Å²) >= 11 is 0. The smallest absolute Gasteiger partial charge is 0.0870 e. The summed E-state index contributed by atoms with van der Waals surface area (Å²) in [6.45, 7) is 1.06. The molecule has 2 N–H and O–H groups in total. The molecule has 0 aromatic rings. The first-order valence-electron chi connectivity index (χ1n) is 3.51. The van der Waals surface area contributed by atoms with Gasteiger partial charge in [-0.25, -0.2) is 10.9 Å². The predicted octanol–water partition coefficient (Wildman–Crippen LogP) is -0.113. The molecule has 3 atom stereocenters. The van der Waals surface area contributed by atoms with Gasteiger partial charge in [-0.05, 0) is 12.2 Å². The molecule has 3 heteroatoms. The zero-order valence-electron chi connectivity index (χ0n) is 5.38. The van der Waals surface area contributed by atoms with Gasteiger partial charge in [0.1, 0.15) is 0 Å². The van der Waals surface area contributed by atoms with E-state index in [1.54, 1.807) is 0 Å². The van der Waals surface area contributed by atoms with Crippen molar-refractivity contribution in [2.24, 2.45) is 5.92 Å². The van der Waals surface area contributed by atoms with Crippen LogP contribution < -0.4 is 5.32 Å². The Bertz CT molecular complexity index is 104. The molecule has 2 rings (SSSR count). The minimum Gasteiger partial charge on any atom is -0.384 e. The third kappa shape index (κ3) is 0.876. The molecule has 0 radical (unpaired) electrons. The number of thiol groups is 1. The lowest BCUT2D eigenvalue weighted by Gasteiger charge is -2.28. The van der Waals surface area contributed by atoms with Crippen LogP contribution in [-0.4, -0.2) is 28.7 Å². The van der Waals surface area contributed by atoms with E-state index >= 15 is 0 Å². The van der Waals surface area contributed by atoms with Crippen LogP contribution in [0.5, 0.6) is 0 Å². The van der Waals surface area contributed by atoms with E-state index in [0.29, 0.717) is 5.92 Å². The third-order valence-corrected chi connectivity index (χ3v) is 4.94. The average Bonchev–Trinajstić information content (AvgIpc) is 2.19. The van der Waals surface area contributed by atoms with Gasteiger partial charge in [0.15, 0.2) is 0 Å². The molecule has 2 bridgehead atoms. The highest BCUT2D eigenvalue weighted by molar-refractivity contribution is 8.17. The number of fused-ring (bicyclic) bond motifs is 2. The fraction of sp³-hybridized carbons (Fsp3) is 1.00. The van der Waals surface area contributed by atoms with Crippen LogP contribution >= 0.6 is 10.9 Å². The fourth-order valence-electron chi connectivity index (χ4n) is 1.68. The zero-order valence-corrected chi connectivity index (χ0v) is 6.27. The molecule has 0 aliphatic carbocycles. The molecule has 2 unspecified atom stereocenters. The number of nitrogens with one attached hydrogen (secondary N) is 1. The van der Waals surface area contributed by atoms with Crippen LogP contribution in [0, 0.1) is 5.92 Å². The maximum absolute atomic E-state index is 9.50. The van der Waals surface area contributed by atoms with E-state index in [-0.39, 0.29) is 16.3 Å². The molecular formula is C6H13NOS. The minimum absolute atomic E-state index is 0.0122. The van der Waals surface area contributed by atoms with Crippen LogP contribution in [0.2, 0.25) is 0 Å².